The van der Waals surface area contributed by atoms with Gasteiger partial charge in [0, 0.05) is 30.8 Å². The van der Waals surface area contributed by atoms with Gasteiger partial charge in [-0.15, -0.1) is 0 Å². The number of hydrogen-bond donors (Lipinski definition) is 2. The fourth-order valence-electron chi connectivity index (χ4n) is 2.35. The molecule has 1 aromatic heterocycles. The molecule has 2 N–H and O–H groups in total. The maximum atomic E-state index is 13.0. The van der Waals surface area contributed by atoms with Crippen LogP contribution in [-0.4, -0.2) is 46.6 Å². The quantitative estimate of drug-likeness (QED) is 0.297. The smallest absolute Gasteiger partial charge is 0.316 e. The zero-order valence-electron chi connectivity index (χ0n) is 15.9. The Bertz CT molecular complexity index is 1070. The van der Waals surface area contributed by atoms with E-state index in [1.807, 2.05) is 0 Å². The van der Waals surface area contributed by atoms with Gasteiger partial charge in [0.05, 0.1) is 4.92 Å². The molecule has 160 valence electrons. The summed E-state index contributed by atoms with van der Waals surface area (Å²) in [6.07, 6.45) is 0. The number of aromatic nitrogens is 2. The molecule has 0 bridgehead atoms. The summed E-state index contributed by atoms with van der Waals surface area (Å²) in [6.45, 7) is -0.0834. The molecular weight excluding hydrogens is 413 g/mol. The zero-order chi connectivity index (χ0) is 22.2. The second kappa shape index (κ2) is 9.91. The summed E-state index contributed by atoms with van der Waals surface area (Å²) >= 11 is 0. The van der Waals surface area contributed by atoms with Gasteiger partial charge < -0.3 is 19.9 Å². The Morgan fingerprint density at radius 2 is 1.74 bits per heavy atom. The topological polar surface area (TPSA) is 149 Å². The van der Waals surface area contributed by atoms with Crippen LogP contribution < -0.4 is 15.4 Å². The molecule has 12 heteroatoms. The number of amides is 2. The molecule has 3 aromatic rings. The van der Waals surface area contributed by atoms with E-state index >= 15 is 0 Å². The van der Waals surface area contributed by atoms with Gasteiger partial charge in [-0.2, -0.15) is 4.98 Å². The highest BCUT2D eigenvalue weighted by molar-refractivity contribution is 5.89. The molecule has 1 heterocycles. The fourth-order valence-corrected chi connectivity index (χ4v) is 2.35. The Morgan fingerprint density at radius 1 is 1.06 bits per heavy atom. The second-order valence-electron chi connectivity index (χ2n) is 6.08. The molecule has 0 fully saturated rings. The number of carbonyl (C=O) groups is 2. The molecule has 0 aliphatic rings. The highest BCUT2D eigenvalue weighted by Crippen LogP contribution is 2.17. The number of nitro groups is 1. The van der Waals surface area contributed by atoms with Crippen LogP contribution in [-0.2, 0) is 4.79 Å². The highest BCUT2D eigenvalue weighted by atomic mass is 19.1. The average molecular weight is 429 g/mol. The molecule has 0 radical (unpaired) electrons. The van der Waals surface area contributed by atoms with E-state index in [2.05, 4.69) is 20.8 Å². The van der Waals surface area contributed by atoms with Gasteiger partial charge in [-0.1, -0.05) is 5.16 Å². The van der Waals surface area contributed by atoms with Gasteiger partial charge in [-0.25, -0.2) is 4.39 Å². The SMILES string of the molecule is O=C(COc1ccc([N+](=O)[O-])cc1)NCCNC(=O)c1nc(-c2ccc(F)cc2)no1. The lowest BCUT2D eigenvalue weighted by Gasteiger charge is -2.07. The molecule has 0 aliphatic heterocycles. The molecule has 0 saturated heterocycles. The summed E-state index contributed by atoms with van der Waals surface area (Å²) in [5.74, 6) is -1.30. The molecule has 0 aliphatic carbocycles. The van der Waals surface area contributed by atoms with Crippen LogP contribution in [0.4, 0.5) is 10.1 Å². The molecule has 11 nitrogen and oxygen atoms in total. The monoisotopic (exact) mass is 429 g/mol. The van der Waals surface area contributed by atoms with E-state index in [-0.39, 0.29) is 37.1 Å². The average Bonchev–Trinajstić information content (AvgIpc) is 3.26. The second-order valence-corrected chi connectivity index (χ2v) is 6.08. The Balaban J connectivity index is 1.37. The number of carbonyl (C=O) groups excluding carboxylic acids is 2. The van der Waals surface area contributed by atoms with Crippen LogP contribution in [0, 0.1) is 15.9 Å². The standard InChI is InChI=1S/C19H16FN5O6/c20-13-3-1-12(2-4-13)17-23-19(31-24-17)18(27)22-10-9-21-16(26)11-30-15-7-5-14(6-8-15)25(28)29/h1-8H,9-11H2,(H,21,26)(H,22,27). The van der Waals surface area contributed by atoms with Crippen LogP contribution in [0.2, 0.25) is 0 Å². The van der Waals surface area contributed by atoms with Crippen LogP contribution in [0.25, 0.3) is 11.4 Å². The Hall–Kier alpha value is -4.35. The fraction of sp³-hybridized carbons (Fsp3) is 0.158. The highest BCUT2D eigenvalue weighted by Gasteiger charge is 2.16. The van der Waals surface area contributed by atoms with E-state index in [4.69, 9.17) is 9.26 Å². The molecule has 3 rings (SSSR count). The van der Waals surface area contributed by atoms with Crippen molar-refractivity contribution in [3.8, 4) is 17.1 Å². The third kappa shape index (κ3) is 6.06. The van der Waals surface area contributed by atoms with Crippen molar-refractivity contribution in [3.63, 3.8) is 0 Å². The maximum Gasteiger partial charge on any atom is 0.316 e. The van der Waals surface area contributed by atoms with E-state index in [0.717, 1.165) is 0 Å². The minimum atomic E-state index is -0.628. The van der Waals surface area contributed by atoms with Crippen molar-refractivity contribution < 1.29 is 28.2 Å². The first-order valence-electron chi connectivity index (χ1n) is 8.94. The zero-order valence-corrected chi connectivity index (χ0v) is 15.9. The van der Waals surface area contributed by atoms with Crippen molar-refractivity contribution in [2.75, 3.05) is 19.7 Å². The van der Waals surface area contributed by atoms with Crippen LogP contribution in [0.3, 0.4) is 0 Å². The van der Waals surface area contributed by atoms with Crippen molar-refractivity contribution in [1.29, 1.82) is 0 Å². The van der Waals surface area contributed by atoms with Crippen molar-refractivity contribution in [3.05, 3.63) is 70.4 Å². The molecule has 2 aromatic carbocycles. The first kappa shape index (κ1) is 21.4. The number of rotatable bonds is 9. The van der Waals surface area contributed by atoms with Crippen LogP contribution >= 0.6 is 0 Å². The summed E-state index contributed by atoms with van der Waals surface area (Å²) in [4.78, 5) is 37.8. The van der Waals surface area contributed by atoms with Crippen LogP contribution in [0.15, 0.2) is 53.1 Å². The summed E-state index contributed by atoms with van der Waals surface area (Å²) in [6, 6.07) is 10.7. The number of halogens is 1. The van der Waals surface area contributed by atoms with Gasteiger partial charge in [0.1, 0.15) is 11.6 Å². The molecule has 0 atom stereocenters. The van der Waals surface area contributed by atoms with E-state index in [9.17, 15) is 24.1 Å². The number of ether oxygens (including phenoxy) is 1. The lowest BCUT2D eigenvalue weighted by atomic mass is 10.2. The van der Waals surface area contributed by atoms with E-state index in [1.54, 1.807) is 0 Å². The predicted molar refractivity (Wildman–Crippen MR) is 104 cm³/mol. The first-order chi connectivity index (χ1) is 14.9. The number of nitrogens with one attached hydrogen (secondary N) is 2. The summed E-state index contributed by atoms with van der Waals surface area (Å²) in [7, 11) is 0. The van der Waals surface area contributed by atoms with Gasteiger partial charge in [0.25, 0.3) is 11.6 Å². The van der Waals surface area contributed by atoms with Gasteiger partial charge in [0.2, 0.25) is 5.82 Å². The van der Waals surface area contributed by atoms with Crippen molar-refractivity contribution >= 4 is 17.5 Å². The lowest BCUT2D eigenvalue weighted by Crippen LogP contribution is -2.36. The number of nitrogens with zero attached hydrogens (tertiary/aromatic N) is 3. The first-order valence-corrected chi connectivity index (χ1v) is 8.94. The Kier molecular flexibility index (Phi) is 6.83. The summed E-state index contributed by atoms with van der Waals surface area (Å²) < 4.78 is 23.1. The minimum absolute atomic E-state index is 0.0847. The molecule has 31 heavy (non-hydrogen) atoms. The summed E-state index contributed by atoms with van der Waals surface area (Å²) in [5, 5.41) is 19.3. The number of non-ortho nitro benzene ring substituents is 1. The predicted octanol–water partition coefficient (Wildman–Crippen LogP) is 1.71. The third-order valence-corrected chi connectivity index (χ3v) is 3.87. The molecule has 0 spiro atoms. The van der Waals surface area contributed by atoms with E-state index in [0.29, 0.717) is 11.3 Å². The lowest BCUT2D eigenvalue weighted by molar-refractivity contribution is -0.384. The van der Waals surface area contributed by atoms with Crippen LogP contribution in [0.5, 0.6) is 5.75 Å². The van der Waals surface area contributed by atoms with Crippen molar-refractivity contribution in [1.82, 2.24) is 20.8 Å². The normalized spacial score (nSPS) is 10.4. The number of benzene rings is 2. The van der Waals surface area contributed by atoms with Gasteiger partial charge in [0.15, 0.2) is 6.61 Å². The Labute approximate surface area is 174 Å². The minimum Gasteiger partial charge on any atom is -0.484 e. The largest absolute Gasteiger partial charge is 0.484 e. The van der Waals surface area contributed by atoms with E-state index in [1.165, 1.54) is 48.5 Å². The van der Waals surface area contributed by atoms with Crippen molar-refractivity contribution in [2.24, 2.45) is 0 Å². The molecule has 0 unspecified atom stereocenters. The summed E-state index contributed by atoms with van der Waals surface area (Å²) in [5.41, 5.74) is 0.406. The number of hydrogen-bond acceptors (Lipinski definition) is 8. The third-order valence-electron chi connectivity index (χ3n) is 3.87. The van der Waals surface area contributed by atoms with Gasteiger partial charge >= 0.3 is 11.8 Å². The van der Waals surface area contributed by atoms with Gasteiger partial charge in [-0.3, -0.25) is 19.7 Å². The van der Waals surface area contributed by atoms with Crippen LogP contribution in [0.1, 0.15) is 10.7 Å². The molecular formula is C19H16FN5O6. The number of nitro benzene ring substituents is 1. The Morgan fingerprint density at radius 3 is 2.42 bits per heavy atom. The van der Waals surface area contributed by atoms with Gasteiger partial charge in [-0.05, 0) is 36.4 Å². The maximum absolute atomic E-state index is 13.0. The van der Waals surface area contributed by atoms with Crippen molar-refractivity contribution in [2.45, 2.75) is 0 Å². The molecule has 0 saturated carbocycles. The van der Waals surface area contributed by atoms with E-state index < -0.39 is 22.6 Å². The molecule has 2 amide bonds.